The summed E-state index contributed by atoms with van der Waals surface area (Å²) in [4.78, 5) is 12.7. The number of anilines is 1. The number of nitrogens with one attached hydrogen (secondary N) is 1. The second-order valence-corrected chi connectivity index (χ2v) is 9.03. The van der Waals surface area contributed by atoms with Crippen LogP contribution >= 0.6 is 43.5 Å². The summed E-state index contributed by atoms with van der Waals surface area (Å²) < 4.78 is 10.9. The van der Waals surface area contributed by atoms with E-state index < -0.39 is 0 Å². The molecule has 1 aromatic carbocycles. The maximum atomic E-state index is 12.7. The number of benzene rings is 1. The molecule has 0 atom stereocenters. The molecule has 0 aliphatic rings. The van der Waals surface area contributed by atoms with Crippen molar-refractivity contribution in [1.82, 2.24) is 19.6 Å². The van der Waals surface area contributed by atoms with E-state index in [9.17, 15) is 4.79 Å². The topological polar surface area (TPSA) is 77.9 Å². The van der Waals surface area contributed by atoms with Crippen molar-refractivity contribution in [1.29, 1.82) is 0 Å². The molecule has 4 rings (SSSR count). The van der Waals surface area contributed by atoms with E-state index in [0.717, 1.165) is 21.4 Å². The molecule has 0 fully saturated rings. The van der Waals surface area contributed by atoms with Crippen LogP contribution in [0.4, 0.5) is 5.82 Å². The molecule has 0 radical (unpaired) electrons. The molecular formula is C21H18Br2ClN5O2. The van der Waals surface area contributed by atoms with Gasteiger partial charge in [-0.3, -0.25) is 14.2 Å². The molecule has 1 amide bonds. The van der Waals surface area contributed by atoms with E-state index in [4.69, 9.17) is 16.0 Å². The van der Waals surface area contributed by atoms with Crippen LogP contribution in [0.3, 0.4) is 0 Å². The zero-order valence-electron chi connectivity index (χ0n) is 16.7. The van der Waals surface area contributed by atoms with Crippen molar-refractivity contribution in [3.63, 3.8) is 0 Å². The highest BCUT2D eigenvalue weighted by Gasteiger charge is 2.17. The van der Waals surface area contributed by atoms with Gasteiger partial charge in [0.2, 0.25) is 0 Å². The van der Waals surface area contributed by atoms with Crippen LogP contribution in [0.1, 0.15) is 33.3 Å². The van der Waals surface area contributed by atoms with Crippen molar-refractivity contribution in [2.24, 2.45) is 0 Å². The van der Waals surface area contributed by atoms with Gasteiger partial charge in [-0.25, -0.2) is 0 Å². The first-order valence-electron chi connectivity index (χ1n) is 9.37. The van der Waals surface area contributed by atoms with Crippen LogP contribution in [0.15, 0.2) is 56.0 Å². The molecule has 0 bridgehead atoms. The van der Waals surface area contributed by atoms with Gasteiger partial charge in [0, 0.05) is 11.2 Å². The summed E-state index contributed by atoms with van der Waals surface area (Å²) in [5, 5.41) is 12.3. The average molecular weight is 568 g/mol. The SMILES string of the molecule is Cc1nn(Cc2ccc(C(=O)Nc3nn(Cc4ccccc4Cl)cc3Br)o2)c(C)c1Br. The lowest BCUT2D eigenvalue weighted by molar-refractivity contribution is 0.0994. The van der Waals surface area contributed by atoms with Gasteiger partial charge in [-0.15, -0.1) is 0 Å². The number of hydrogen-bond donors (Lipinski definition) is 1. The first-order chi connectivity index (χ1) is 14.8. The van der Waals surface area contributed by atoms with Gasteiger partial charge in [0.25, 0.3) is 5.91 Å². The fraction of sp³-hybridized carbons (Fsp3) is 0.190. The summed E-state index contributed by atoms with van der Waals surface area (Å²) in [6.07, 6.45) is 1.78. The van der Waals surface area contributed by atoms with Gasteiger partial charge in [0.1, 0.15) is 5.76 Å². The minimum Gasteiger partial charge on any atom is -0.454 e. The standard InChI is InChI=1S/C21H18Br2ClN5O2/c1-12-19(23)13(2)29(26-12)10-15-7-8-18(31-15)21(30)25-20-16(22)11-28(27-20)9-14-5-3-4-6-17(14)24/h3-8,11H,9-10H2,1-2H3,(H,25,27,30). The number of amides is 1. The van der Waals surface area contributed by atoms with E-state index in [0.29, 0.717) is 34.2 Å². The zero-order chi connectivity index (χ0) is 22.1. The first kappa shape index (κ1) is 21.9. The third-order valence-electron chi connectivity index (χ3n) is 4.72. The Morgan fingerprint density at radius 2 is 1.90 bits per heavy atom. The number of rotatable bonds is 6. The summed E-state index contributed by atoms with van der Waals surface area (Å²) in [6.45, 7) is 4.81. The molecule has 31 heavy (non-hydrogen) atoms. The normalized spacial score (nSPS) is 11.1. The molecule has 0 spiro atoms. The molecule has 4 aromatic rings. The van der Waals surface area contributed by atoms with Gasteiger partial charge in [-0.05, 0) is 69.5 Å². The second kappa shape index (κ2) is 9.02. The highest BCUT2D eigenvalue weighted by Crippen LogP contribution is 2.24. The Balaban J connectivity index is 1.45. The predicted octanol–water partition coefficient (Wildman–Crippen LogP) is 5.82. The predicted molar refractivity (Wildman–Crippen MR) is 126 cm³/mol. The Hall–Kier alpha value is -2.36. The smallest absolute Gasteiger partial charge is 0.292 e. The summed E-state index contributed by atoms with van der Waals surface area (Å²) in [6, 6.07) is 11.0. The first-order valence-corrected chi connectivity index (χ1v) is 11.3. The Labute approximate surface area is 200 Å². The third kappa shape index (κ3) is 4.78. The lowest BCUT2D eigenvalue weighted by Gasteiger charge is -2.04. The molecule has 3 aromatic heterocycles. The van der Waals surface area contributed by atoms with Crippen LogP contribution in [-0.2, 0) is 13.1 Å². The number of furan rings is 1. The van der Waals surface area contributed by atoms with Crippen LogP contribution in [0.2, 0.25) is 5.02 Å². The van der Waals surface area contributed by atoms with Gasteiger partial charge in [-0.2, -0.15) is 10.2 Å². The fourth-order valence-electron chi connectivity index (χ4n) is 3.09. The van der Waals surface area contributed by atoms with Crippen LogP contribution < -0.4 is 5.32 Å². The number of hydrogen-bond acceptors (Lipinski definition) is 4. The van der Waals surface area contributed by atoms with E-state index in [1.807, 2.05) is 42.8 Å². The molecule has 0 saturated carbocycles. The van der Waals surface area contributed by atoms with Crippen molar-refractivity contribution in [3.05, 3.63) is 85.0 Å². The fourth-order valence-corrected chi connectivity index (χ4v) is 3.99. The Morgan fingerprint density at radius 3 is 2.61 bits per heavy atom. The van der Waals surface area contributed by atoms with Gasteiger partial charge >= 0.3 is 0 Å². The van der Waals surface area contributed by atoms with Gasteiger partial charge in [0.05, 0.1) is 33.4 Å². The molecule has 0 aliphatic carbocycles. The van der Waals surface area contributed by atoms with Gasteiger partial charge in [0.15, 0.2) is 11.6 Å². The van der Waals surface area contributed by atoms with E-state index in [2.05, 4.69) is 47.4 Å². The van der Waals surface area contributed by atoms with E-state index >= 15 is 0 Å². The lowest BCUT2D eigenvalue weighted by Crippen LogP contribution is -2.12. The molecule has 10 heteroatoms. The Bertz CT molecular complexity index is 1260. The van der Waals surface area contributed by atoms with Crippen molar-refractivity contribution in [2.45, 2.75) is 26.9 Å². The number of halogens is 3. The lowest BCUT2D eigenvalue weighted by atomic mass is 10.2. The quantitative estimate of drug-likeness (QED) is 0.319. The van der Waals surface area contributed by atoms with Crippen molar-refractivity contribution < 1.29 is 9.21 Å². The molecule has 1 N–H and O–H groups in total. The van der Waals surface area contributed by atoms with Crippen molar-refractivity contribution in [3.8, 4) is 0 Å². The highest BCUT2D eigenvalue weighted by molar-refractivity contribution is 9.11. The van der Waals surface area contributed by atoms with Crippen molar-refractivity contribution >= 4 is 55.2 Å². The molecule has 3 heterocycles. The van der Waals surface area contributed by atoms with Gasteiger partial charge < -0.3 is 9.73 Å². The second-order valence-electron chi connectivity index (χ2n) is 6.98. The monoisotopic (exact) mass is 565 g/mol. The third-order valence-corrected chi connectivity index (χ3v) is 6.82. The van der Waals surface area contributed by atoms with E-state index in [-0.39, 0.29) is 11.7 Å². The molecule has 0 saturated heterocycles. The van der Waals surface area contributed by atoms with Gasteiger partial charge in [-0.1, -0.05) is 29.8 Å². The number of nitrogens with zero attached hydrogens (tertiary/aromatic N) is 4. The average Bonchev–Trinajstić information content (AvgIpc) is 3.40. The minimum absolute atomic E-state index is 0.197. The summed E-state index contributed by atoms with van der Waals surface area (Å²) in [7, 11) is 0. The maximum Gasteiger partial charge on any atom is 0.292 e. The number of carbonyl (C=O) groups excluding carboxylic acids is 1. The zero-order valence-corrected chi connectivity index (χ0v) is 20.6. The Morgan fingerprint density at radius 1 is 1.13 bits per heavy atom. The van der Waals surface area contributed by atoms with E-state index in [1.165, 1.54) is 0 Å². The number of aromatic nitrogens is 4. The van der Waals surface area contributed by atoms with Crippen LogP contribution in [0, 0.1) is 13.8 Å². The highest BCUT2D eigenvalue weighted by atomic mass is 79.9. The van der Waals surface area contributed by atoms with Crippen LogP contribution in [0.25, 0.3) is 0 Å². The van der Waals surface area contributed by atoms with E-state index in [1.54, 1.807) is 23.0 Å². The summed E-state index contributed by atoms with van der Waals surface area (Å²) >= 11 is 13.2. The maximum absolute atomic E-state index is 12.7. The van der Waals surface area contributed by atoms with Crippen molar-refractivity contribution in [2.75, 3.05) is 5.32 Å². The number of aryl methyl sites for hydroxylation is 1. The minimum atomic E-state index is -0.385. The van der Waals surface area contributed by atoms with Crippen LogP contribution in [0.5, 0.6) is 0 Å². The summed E-state index contributed by atoms with van der Waals surface area (Å²) in [5.74, 6) is 0.844. The number of carbonyl (C=O) groups is 1. The molecular weight excluding hydrogens is 550 g/mol. The van der Waals surface area contributed by atoms with Crippen LogP contribution in [-0.4, -0.2) is 25.5 Å². The largest absolute Gasteiger partial charge is 0.454 e. The molecule has 160 valence electrons. The summed E-state index contributed by atoms with van der Waals surface area (Å²) in [5.41, 5.74) is 2.83. The molecule has 7 nitrogen and oxygen atoms in total. The Kier molecular flexibility index (Phi) is 6.36. The molecule has 0 aliphatic heterocycles. The molecule has 0 unspecified atom stereocenters.